The SMILES string of the molecule is COC(=O)/C(=C/c1ccccc1)N(C(=O)OC(C)(C)C)C(=O)[C@H](C)N(C(=O)OC(C)(C)C)S(=O)(=O)c1ccc(C)cc1. The number of nitrogens with zero attached hydrogens (tertiary/aromatic N) is 2. The summed E-state index contributed by atoms with van der Waals surface area (Å²) in [5.74, 6) is -2.35. The van der Waals surface area contributed by atoms with E-state index in [4.69, 9.17) is 14.2 Å². The second kappa shape index (κ2) is 13.2. The molecule has 11 nitrogen and oxygen atoms in total. The first-order valence-corrected chi connectivity index (χ1v) is 14.5. The van der Waals surface area contributed by atoms with Crippen molar-refractivity contribution in [3.63, 3.8) is 0 Å². The van der Waals surface area contributed by atoms with E-state index in [1.54, 1.807) is 58.0 Å². The van der Waals surface area contributed by atoms with Crippen LogP contribution in [0, 0.1) is 6.92 Å². The van der Waals surface area contributed by atoms with Crippen LogP contribution in [0.5, 0.6) is 0 Å². The number of sulfonamides is 1. The summed E-state index contributed by atoms with van der Waals surface area (Å²) in [6.07, 6.45) is -1.43. The molecule has 0 saturated heterocycles. The van der Waals surface area contributed by atoms with E-state index in [9.17, 15) is 27.6 Å². The maximum absolute atomic E-state index is 14.1. The highest BCUT2D eigenvalue weighted by atomic mass is 32.2. The molecular formula is C30H38N2O9S. The summed E-state index contributed by atoms with van der Waals surface area (Å²) >= 11 is 0. The van der Waals surface area contributed by atoms with Gasteiger partial charge in [-0.05, 0) is 79.2 Å². The van der Waals surface area contributed by atoms with Crippen molar-refractivity contribution in [2.45, 2.75) is 77.5 Å². The predicted molar refractivity (Wildman–Crippen MR) is 155 cm³/mol. The number of carbonyl (C=O) groups is 4. The molecule has 0 radical (unpaired) electrons. The molecule has 0 heterocycles. The third-order valence-corrected chi connectivity index (χ3v) is 7.25. The van der Waals surface area contributed by atoms with Crippen LogP contribution in [0.4, 0.5) is 9.59 Å². The summed E-state index contributed by atoms with van der Waals surface area (Å²) in [7, 11) is -3.66. The number of imide groups is 1. The third-order valence-electron chi connectivity index (χ3n) is 5.40. The van der Waals surface area contributed by atoms with Gasteiger partial charge in [0.2, 0.25) is 0 Å². The molecule has 2 aromatic rings. The van der Waals surface area contributed by atoms with Crippen molar-refractivity contribution in [1.82, 2.24) is 9.21 Å². The van der Waals surface area contributed by atoms with Gasteiger partial charge in [0.15, 0.2) is 0 Å². The van der Waals surface area contributed by atoms with Gasteiger partial charge in [0.25, 0.3) is 15.9 Å². The lowest BCUT2D eigenvalue weighted by atomic mass is 10.1. The van der Waals surface area contributed by atoms with Gasteiger partial charge in [0.05, 0.1) is 12.0 Å². The second-order valence-corrected chi connectivity index (χ2v) is 13.2. The Balaban J connectivity index is 2.79. The van der Waals surface area contributed by atoms with E-state index in [1.807, 2.05) is 0 Å². The lowest BCUT2D eigenvalue weighted by molar-refractivity contribution is -0.142. The summed E-state index contributed by atoms with van der Waals surface area (Å²) < 4.78 is 43.5. The van der Waals surface area contributed by atoms with E-state index in [1.165, 1.54) is 51.1 Å². The van der Waals surface area contributed by atoms with E-state index >= 15 is 0 Å². The van der Waals surface area contributed by atoms with E-state index in [2.05, 4.69) is 0 Å². The Hall–Kier alpha value is -4.19. The Bertz CT molecular complexity index is 1440. The number of esters is 1. The number of methoxy groups -OCH3 is 1. The summed E-state index contributed by atoms with van der Waals surface area (Å²) in [4.78, 5) is 54.1. The Kier molecular flexibility index (Phi) is 10.7. The smallest absolute Gasteiger partial charge is 0.425 e. The molecule has 228 valence electrons. The number of hydrogen-bond acceptors (Lipinski definition) is 9. The lowest BCUT2D eigenvalue weighted by Crippen LogP contribution is -2.55. The zero-order valence-electron chi connectivity index (χ0n) is 25.3. The Morgan fingerprint density at radius 2 is 1.31 bits per heavy atom. The number of aryl methyl sites for hydroxylation is 1. The maximum Gasteiger partial charge on any atom is 0.425 e. The average Bonchev–Trinajstić information content (AvgIpc) is 2.86. The van der Waals surface area contributed by atoms with Crippen molar-refractivity contribution < 1.29 is 41.8 Å². The first-order chi connectivity index (χ1) is 19.3. The van der Waals surface area contributed by atoms with Crippen LogP contribution in [0.3, 0.4) is 0 Å². The molecule has 2 aromatic carbocycles. The topological polar surface area (TPSA) is 137 Å². The van der Waals surface area contributed by atoms with Gasteiger partial charge in [-0.15, -0.1) is 0 Å². The minimum atomic E-state index is -4.71. The first kappa shape index (κ1) is 34.0. The van der Waals surface area contributed by atoms with Crippen LogP contribution >= 0.6 is 0 Å². The van der Waals surface area contributed by atoms with Crippen LogP contribution in [0.25, 0.3) is 6.08 Å². The van der Waals surface area contributed by atoms with Crippen molar-refractivity contribution in [1.29, 1.82) is 0 Å². The molecule has 12 heteroatoms. The molecule has 0 bridgehead atoms. The molecule has 0 aromatic heterocycles. The summed E-state index contributed by atoms with van der Waals surface area (Å²) in [5, 5.41) is 0. The normalized spacial score (nSPS) is 13.0. The molecule has 0 aliphatic carbocycles. The fourth-order valence-electron chi connectivity index (χ4n) is 3.52. The number of ether oxygens (including phenoxy) is 3. The highest BCUT2D eigenvalue weighted by Gasteiger charge is 2.45. The van der Waals surface area contributed by atoms with Crippen LogP contribution in [0.2, 0.25) is 0 Å². The molecule has 42 heavy (non-hydrogen) atoms. The molecule has 0 aliphatic rings. The molecular weight excluding hydrogens is 564 g/mol. The van der Waals surface area contributed by atoms with Crippen LogP contribution in [-0.4, -0.2) is 66.0 Å². The number of rotatable bonds is 7. The van der Waals surface area contributed by atoms with Crippen LogP contribution in [0.15, 0.2) is 65.2 Å². The Labute approximate surface area is 247 Å². The molecule has 1 atom stereocenters. The molecule has 0 fully saturated rings. The van der Waals surface area contributed by atoms with Gasteiger partial charge in [-0.1, -0.05) is 48.0 Å². The highest BCUT2D eigenvalue weighted by Crippen LogP contribution is 2.26. The number of amides is 3. The van der Waals surface area contributed by atoms with E-state index in [-0.39, 0.29) is 9.20 Å². The minimum absolute atomic E-state index is 0.250. The summed E-state index contributed by atoms with van der Waals surface area (Å²) in [6, 6.07) is 12.0. The predicted octanol–water partition coefficient (Wildman–Crippen LogP) is 5.29. The lowest BCUT2D eigenvalue weighted by Gasteiger charge is -2.33. The number of benzene rings is 2. The fourth-order valence-corrected chi connectivity index (χ4v) is 4.97. The molecule has 0 aliphatic heterocycles. The Morgan fingerprint density at radius 3 is 1.79 bits per heavy atom. The molecule has 2 rings (SSSR count). The Morgan fingerprint density at radius 1 is 0.810 bits per heavy atom. The maximum atomic E-state index is 14.1. The summed E-state index contributed by atoms with van der Waals surface area (Å²) in [5.41, 5.74) is -1.65. The third kappa shape index (κ3) is 8.90. The van der Waals surface area contributed by atoms with Gasteiger partial charge < -0.3 is 14.2 Å². The van der Waals surface area contributed by atoms with Gasteiger partial charge >= 0.3 is 18.2 Å². The standard InChI is InChI=1S/C30H38N2O9S/c1-20-15-17-23(18-16-20)42(37,38)32(28(36)41-30(6,7)8)21(2)25(33)31(27(35)40-29(3,4)5)24(26(34)39-9)19-22-13-11-10-12-14-22/h10-19,21H,1-9H3/b24-19-/t21-/m0/s1. The van der Waals surface area contributed by atoms with E-state index in [0.717, 1.165) is 19.6 Å². The number of hydrogen-bond donors (Lipinski definition) is 0. The molecule has 0 spiro atoms. The van der Waals surface area contributed by atoms with Gasteiger partial charge in [0, 0.05) is 0 Å². The van der Waals surface area contributed by atoms with Crippen LogP contribution < -0.4 is 0 Å². The van der Waals surface area contributed by atoms with Crippen molar-refractivity contribution in [2.75, 3.05) is 7.11 Å². The number of carbonyl (C=O) groups excluding carboxylic acids is 4. The van der Waals surface area contributed by atoms with Crippen molar-refractivity contribution in [3.8, 4) is 0 Å². The average molecular weight is 603 g/mol. The first-order valence-electron chi connectivity index (χ1n) is 13.0. The van der Waals surface area contributed by atoms with Gasteiger partial charge in [-0.25, -0.2) is 27.7 Å². The van der Waals surface area contributed by atoms with Crippen LogP contribution in [-0.2, 0) is 33.8 Å². The summed E-state index contributed by atoms with van der Waals surface area (Å²) in [6.45, 7) is 12.1. The molecule has 0 N–H and O–H groups in total. The van der Waals surface area contributed by atoms with E-state index < -0.39 is 57.0 Å². The van der Waals surface area contributed by atoms with Crippen molar-refractivity contribution >= 4 is 40.2 Å². The van der Waals surface area contributed by atoms with Gasteiger partial charge in [0.1, 0.15) is 22.9 Å². The van der Waals surface area contributed by atoms with Gasteiger partial charge in [-0.2, -0.15) is 4.31 Å². The van der Waals surface area contributed by atoms with Crippen LogP contribution in [0.1, 0.15) is 59.6 Å². The highest BCUT2D eigenvalue weighted by molar-refractivity contribution is 7.89. The molecule has 0 unspecified atom stereocenters. The molecule has 0 saturated carbocycles. The monoisotopic (exact) mass is 602 g/mol. The quantitative estimate of drug-likeness (QED) is 0.235. The van der Waals surface area contributed by atoms with E-state index in [0.29, 0.717) is 10.5 Å². The van der Waals surface area contributed by atoms with Gasteiger partial charge in [-0.3, -0.25) is 4.79 Å². The minimum Gasteiger partial charge on any atom is -0.464 e. The molecule has 3 amide bonds. The zero-order chi connectivity index (χ0) is 32.0. The second-order valence-electron chi connectivity index (χ2n) is 11.4. The van der Waals surface area contributed by atoms with Crippen molar-refractivity contribution in [3.05, 3.63) is 71.4 Å². The van der Waals surface area contributed by atoms with Crippen molar-refractivity contribution in [2.24, 2.45) is 0 Å². The largest absolute Gasteiger partial charge is 0.464 e. The fraction of sp³-hybridized carbons (Fsp3) is 0.400. The zero-order valence-corrected chi connectivity index (χ0v) is 26.1.